The van der Waals surface area contributed by atoms with E-state index in [1.807, 2.05) is 0 Å². The Morgan fingerprint density at radius 3 is 1.53 bits per heavy atom. The molecule has 0 unspecified atom stereocenters. The molecule has 1 nitrogen and oxygen atoms in total. The molecule has 17 heavy (non-hydrogen) atoms. The van der Waals surface area contributed by atoms with Crippen molar-refractivity contribution in [2.75, 3.05) is 0 Å². The predicted molar refractivity (Wildman–Crippen MR) is 36.9 cm³/mol. The quantitative estimate of drug-likeness (QED) is 0.685. The second-order valence-electron chi connectivity index (χ2n) is 3.09. The van der Waals surface area contributed by atoms with Crippen molar-refractivity contribution >= 4 is 0 Å². The van der Waals surface area contributed by atoms with Crippen LogP contribution in [-0.2, 0) is 4.74 Å². The third kappa shape index (κ3) is 3.65. The van der Waals surface area contributed by atoms with Crippen LogP contribution in [-0.4, -0.2) is 24.3 Å². The van der Waals surface area contributed by atoms with Crippen molar-refractivity contribution in [3.63, 3.8) is 0 Å². The molecule has 0 spiro atoms. The molecule has 0 heterocycles. The van der Waals surface area contributed by atoms with Gasteiger partial charge in [0.25, 0.3) is 0 Å². The molecule has 0 N–H and O–H groups in total. The molecule has 0 aliphatic heterocycles. The first-order chi connectivity index (χ1) is 7.27. The van der Waals surface area contributed by atoms with E-state index < -0.39 is 37.2 Å². The van der Waals surface area contributed by atoms with E-state index in [4.69, 9.17) is 0 Å². The molecule has 0 amide bonds. The normalized spacial score (nSPS) is 15.2. The smallest absolute Gasteiger partial charge is 0.221 e. The number of ether oxygens (including phenoxy) is 1. The lowest BCUT2D eigenvalue weighted by Gasteiger charge is -2.32. The van der Waals surface area contributed by atoms with Gasteiger partial charge in [-0.05, 0) is 0 Å². The van der Waals surface area contributed by atoms with Crippen molar-refractivity contribution in [1.82, 2.24) is 0 Å². The van der Waals surface area contributed by atoms with Crippen LogP contribution >= 0.6 is 0 Å². The van der Waals surface area contributed by atoms with Gasteiger partial charge in [0.15, 0.2) is 0 Å². The number of rotatable bonds is 5. The van der Waals surface area contributed by atoms with Crippen molar-refractivity contribution < 1.29 is 44.3 Å². The van der Waals surface area contributed by atoms with Crippen LogP contribution in [0.15, 0.2) is 0 Å². The van der Waals surface area contributed by atoms with Crippen LogP contribution in [0.1, 0.15) is 19.8 Å². The molecule has 0 saturated heterocycles. The highest BCUT2D eigenvalue weighted by atomic mass is 19.4. The van der Waals surface area contributed by atoms with Crippen molar-refractivity contribution in [3.8, 4) is 0 Å². The van der Waals surface area contributed by atoms with Crippen LogP contribution in [0.25, 0.3) is 0 Å². The summed E-state index contributed by atoms with van der Waals surface area (Å²) in [6, 6.07) is 0. The Hall–Kier alpha value is -0.670. The van der Waals surface area contributed by atoms with Gasteiger partial charge >= 0.3 is 24.3 Å². The summed E-state index contributed by atoms with van der Waals surface area (Å²) in [4.78, 5) is 0. The summed E-state index contributed by atoms with van der Waals surface area (Å²) in [7, 11) is 0. The van der Waals surface area contributed by atoms with E-state index in [0.717, 1.165) is 6.92 Å². The van der Waals surface area contributed by atoms with Crippen LogP contribution < -0.4 is 0 Å². The van der Waals surface area contributed by atoms with Crippen molar-refractivity contribution in [3.05, 3.63) is 0 Å². The zero-order chi connectivity index (χ0) is 14.1. The Bertz CT molecular complexity index is 257. The average molecular weight is 278 g/mol. The highest BCUT2D eigenvalue weighted by Crippen LogP contribution is 2.50. The minimum Gasteiger partial charge on any atom is -0.221 e. The third-order valence-corrected chi connectivity index (χ3v) is 1.63. The average Bonchev–Trinajstić information content (AvgIpc) is 1.98. The molecule has 0 fully saturated rings. The van der Waals surface area contributed by atoms with Gasteiger partial charge in [0.05, 0.1) is 0 Å². The summed E-state index contributed by atoms with van der Waals surface area (Å²) in [5.74, 6) is -11.6. The third-order valence-electron chi connectivity index (χ3n) is 1.63. The molecule has 10 heteroatoms. The summed E-state index contributed by atoms with van der Waals surface area (Å²) < 4.78 is 111. The van der Waals surface area contributed by atoms with E-state index >= 15 is 0 Å². The second-order valence-corrected chi connectivity index (χ2v) is 3.09. The molecule has 0 aliphatic rings. The van der Waals surface area contributed by atoms with E-state index in [0.29, 0.717) is 0 Å². The number of hydrogen-bond donors (Lipinski definition) is 0. The van der Waals surface area contributed by atoms with Crippen molar-refractivity contribution in [2.45, 2.75) is 44.1 Å². The van der Waals surface area contributed by atoms with Crippen molar-refractivity contribution in [1.29, 1.82) is 0 Å². The topological polar surface area (TPSA) is 9.23 Å². The second kappa shape index (κ2) is 4.54. The SMILES string of the molecule is CCCC(F)(F)C(F)(F)C(F)(F)OC(F)(F)F. The molecule has 0 aromatic carbocycles. The van der Waals surface area contributed by atoms with Gasteiger partial charge < -0.3 is 0 Å². The summed E-state index contributed by atoms with van der Waals surface area (Å²) in [6.07, 6.45) is -14.8. The molecule has 0 rings (SSSR count). The molecule has 0 aromatic heterocycles. The van der Waals surface area contributed by atoms with Crippen LogP contribution in [0.3, 0.4) is 0 Å². The maximum Gasteiger partial charge on any atom is 0.527 e. The summed E-state index contributed by atoms with van der Waals surface area (Å²) in [6.45, 7) is 0.979. The van der Waals surface area contributed by atoms with E-state index in [1.54, 1.807) is 4.74 Å². The Labute approximate surface area is 89.5 Å². The van der Waals surface area contributed by atoms with E-state index in [2.05, 4.69) is 0 Å². The maximum atomic E-state index is 12.6. The van der Waals surface area contributed by atoms with Gasteiger partial charge in [0.1, 0.15) is 0 Å². The first-order valence-electron chi connectivity index (χ1n) is 4.17. The lowest BCUT2D eigenvalue weighted by molar-refractivity contribution is -0.485. The zero-order valence-corrected chi connectivity index (χ0v) is 8.22. The summed E-state index contributed by atoms with van der Waals surface area (Å²) >= 11 is 0. The maximum absolute atomic E-state index is 12.6. The lowest BCUT2D eigenvalue weighted by Crippen LogP contribution is -2.56. The van der Waals surface area contributed by atoms with Gasteiger partial charge in [0, 0.05) is 6.42 Å². The van der Waals surface area contributed by atoms with Gasteiger partial charge in [-0.2, -0.15) is 26.3 Å². The Kier molecular flexibility index (Phi) is 4.36. The highest BCUT2D eigenvalue weighted by molar-refractivity contribution is 4.91. The van der Waals surface area contributed by atoms with Crippen LogP contribution in [0.5, 0.6) is 0 Å². The highest BCUT2D eigenvalue weighted by Gasteiger charge is 2.74. The summed E-state index contributed by atoms with van der Waals surface area (Å²) in [5.41, 5.74) is 0. The molecule has 104 valence electrons. The Morgan fingerprint density at radius 2 is 1.24 bits per heavy atom. The monoisotopic (exact) mass is 278 g/mol. The largest absolute Gasteiger partial charge is 0.527 e. The van der Waals surface area contributed by atoms with Crippen LogP contribution in [0.4, 0.5) is 39.5 Å². The number of alkyl halides is 9. The van der Waals surface area contributed by atoms with Crippen molar-refractivity contribution in [2.24, 2.45) is 0 Å². The fourth-order valence-corrected chi connectivity index (χ4v) is 0.893. The minimum atomic E-state index is -6.34. The molecular weight excluding hydrogens is 271 g/mol. The number of halogens is 9. The molecule has 0 atom stereocenters. The molecule has 0 saturated carbocycles. The first kappa shape index (κ1) is 16.3. The molecule has 0 radical (unpaired) electrons. The fourth-order valence-electron chi connectivity index (χ4n) is 0.893. The van der Waals surface area contributed by atoms with Crippen LogP contribution in [0, 0.1) is 0 Å². The molecular formula is C7H7F9O. The fraction of sp³-hybridized carbons (Fsp3) is 1.00. The molecule has 0 aromatic rings. The van der Waals surface area contributed by atoms with E-state index in [9.17, 15) is 39.5 Å². The Balaban J connectivity index is 5.15. The standard InChI is InChI=1S/C7H7F9O/c1-2-3-4(8,9)5(10,11)6(12,13)17-7(14,15)16/h2-3H2,1H3. The van der Waals surface area contributed by atoms with Gasteiger partial charge in [0.2, 0.25) is 0 Å². The lowest BCUT2D eigenvalue weighted by atomic mass is 10.1. The van der Waals surface area contributed by atoms with E-state index in [-0.39, 0.29) is 0 Å². The number of hydrogen-bond acceptors (Lipinski definition) is 1. The minimum absolute atomic E-state index is 0.620. The van der Waals surface area contributed by atoms with Gasteiger partial charge in [-0.1, -0.05) is 13.3 Å². The zero-order valence-electron chi connectivity index (χ0n) is 8.22. The summed E-state index contributed by atoms with van der Waals surface area (Å²) in [5, 5.41) is 0. The predicted octanol–water partition coefficient (Wildman–Crippen LogP) is 4.19. The van der Waals surface area contributed by atoms with Gasteiger partial charge in [-0.15, -0.1) is 13.2 Å². The molecule has 0 bridgehead atoms. The van der Waals surface area contributed by atoms with E-state index in [1.165, 1.54) is 0 Å². The Morgan fingerprint density at radius 1 is 0.824 bits per heavy atom. The first-order valence-corrected chi connectivity index (χ1v) is 4.17. The van der Waals surface area contributed by atoms with Crippen LogP contribution in [0.2, 0.25) is 0 Å². The van der Waals surface area contributed by atoms with Gasteiger partial charge in [-0.3, -0.25) is 0 Å². The molecule has 0 aliphatic carbocycles. The van der Waals surface area contributed by atoms with Gasteiger partial charge in [-0.25, -0.2) is 4.74 Å².